The summed E-state index contributed by atoms with van der Waals surface area (Å²) in [5.41, 5.74) is 7.45. The first-order valence-corrected chi connectivity index (χ1v) is 12.8. The monoisotopic (exact) mass is 486 g/mol. The van der Waals surface area contributed by atoms with Crippen LogP contribution in [0.2, 0.25) is 0 Å². The largest absolute Gasteiger partial charge is 0.309 e. The first kappa shape index (κ1) is 21.0. The molecule has 3 nitrogen and oxygen atoms in total. The second kappa shape index (κ2) is 7.92. The van der Waals surface area contributed by atoms with Crippen LogP contribution in [0.4, 0.5) is 0 Å². The molecular weight excluding hydrogens is 464 g/mol. The highest BCUT2D eigenvalue weighted by atomic mass is 16.1. The lowest BCUT2D eigenvalue weighted by Crippen LogP contribution is -2.08. The summed E-state index contributed by atoms with van der Waals surface area (Å²) >= 11 is 0. The van der Waals surface area contributed by atoms with Crippen molar-refractivity contribution in [1.82, 2.24) is 8.97 Å². The van der Waals surface area contributed by atoms with Gasteiger partial charge in [0, 0.05) is 33.2 Å². The molecule has 0 aliphatic heterocycles. The molecule has 0 amide bonds. The predicted molar refractivity (Wildman–Crippen MR) is 158 cm³/mol. The fourth-order valence-corrected chi connectivity index (χ4v) is 6.06. The van der Waals surface area contributed by atoms with E-state index in [9.17, 15) is 4.79 Å². The van der Waals surface area contributed by atoms with Crippen molar-refractivity contribution in [3.05, 3.63) is 144 Å². The molecule has 0 saturated carbocycles. The van der Waals surface area contributed by atoms with Gasteiger partial charge in [-0.1, -0.05) is 91.0 Å². The third-order valence-corrected chi connectivity index (χ3v) is 7.69. The molecule has 0 fully saturated rings. The zero-order valence-corrected chi connectivity index (χ0v) is 20.5. The van der Waals surface area contributed by atoms with E-state index < -0.39 is 0 Å². The van der Waals surface area contributed by atoms with Gasteiger partial charge in [-0.25, -0.2) is 0 Å². The second-order valence-electron chi connectivity index (χ2n) is 9.75. The Balaban J connectivity index is 1.58. The molecule has 0 saturated heterocycles. The van der Waals surface area contributed by atoms with Crippen molar-refractivity contribution in [1.29, 1.82) is 0 Å². The van der Waals surface area contributed by atoms with E-state index in [2.05, 4.69) is 106 Å². The van der Waals surface area contributed by atoms with Crippen LogP contribution in [0.1, 0.15) is 0 Å². The molecule has 38 heavy (non-hydrogen) atoms. The first-order valence-electron chi connectivity index (χ1n) is 12.8. The van der Waals surface area contributed by atoms with Crippen LogP contribution in [0.3, 0.4) is 0 Å². The van der Waals surface area contributed by atoms with Gasteiger partial charge in [-0.05, 0) is 41.8 Å². The number of hydrogen-bond donors (Lipinski definition) is 0. The molecule has 0 bridgehead atoms. The Morgan fingerprint density at radius 1 is 0.447 bits per heavy atom. The highest BCUT2D eigenvalue weighted by molar-refractivity contribution is 6.10. The molecule has 0 aliphatic carbocycles. The molecule has 178 valence electrons. The quantitative estimate of drug-likeness (QED) is 0.225. The van der Waals surface area contributed by atoms with E-state index in [4.69, 9.17) is 0 Å². The maximum Gasteiger partial charge on any atom is 0.190 e. The lowest BCUT2D eigenvalue weighted by Gasteiger charge is -2.19. The van der Waals surface area contributed by atoms with Crippen LogP contribution in [0.15, 0.2) is 138 Å². The molecule has 0 N–H and O–H groups in total. The summed E-state index contributed by atoms with van der Waals surface area (Å²) in [6, 6.07) is 46.0. The smallest absolute Gasteiger partial charge is 0.190 e. The van der Waals surface area contributed by atoms with Crippen LogP contribution < -0.4 is 5.43 Å². The summed E-state index contributed by atoms with van der Waals surface area (Å²) in [7, 11) is 0. The molecule has 3 aromatic heterocycles. The lowest BCUT2D eigenvalue weighted by molar-refractivity contribution is 1.16. The minimum Gasteiger partial charge on any atom is -0.309 e. The van der Waals surface area contributed by atoms with Crippen molar-refractivity contribution in [2.75, 3.05) is 0 Å². The number of hydrogen-bond acceptors (Lipinski definition) is 1. The molecule has 0 aliphatic rings. The van der Waals surface area contributed by atoms with Gasteiger partial charge < -0.3 is 8.97 Å². The Morgan fingerprint density at radius 2 is 1.00 bits per heavy atom. The summed E-state index contributed by atoms with van der Waals surface area (Å²) in [6.45, 7) is 0. The van der Waals surface area contributed by atoms with Gasteiger partial charge in [0.15, 0.2) is 5.43 Å². The molecule has 0 atom stereocenters. The Morgan fingerprint density at radius 3 is 1.74 bits per heavy atom. The van der Waals surface area contributed by atoms with Crippen LogP contribution in [0.25, 0.3) is 65.9 Å². The average Bonchev–Trinajstić information content (AvgIpc) is 3.31. The third-order valence-electron chi connectivity index (χ3n) is 7.69. The van der Waals surface area contributed by atoms with E-state index in [1.165, 1.54) is 21.8 Å². The summed E-state index contributed by atoms with van der Waals surface area (Å²) < 4.78 is 4.62. The Kier molecular flexibility index (Phi) is 4.38. The fraction of sp³-hybridized carbons (Fsp3) is 0. The molecule has 0 radical (unpaired) electrons. The van der Waals surface area contributed by atoms with Gasteiger partial charge >= 0.3 is 0 Å². The van der Waals surface area contributed by atoms with Crippen molar-refractivity contribution in [2.24, 2.45) is 0 Å². The molecule has 8 rings (SSSR count). The van der Waals surface area contributed by atoms with Crippen molar-refractivity contribution < 1.29 is 0 Å². The average molecular weight is 487 g/mol. The van der Waals surface area contributed by atoms with E-state index in [1.54, 1.807) is 6.07 Å². The summed E-state index contributed by atoms with van der Waals surface area (Å²) in [6.07, 6.45) is 0. The van der Waals surface area contributed by atoms with Gasteiger partial charge in [0.1, 0.15) is 0 Å². The van der Waals surface area contributed by atoms with Crippen LogP contribution in [-0.4, -0.2) is 8.97 Å². The molecule has 5 aromatic carbocycles. The number of fused-ring (bicyclic) bond motifs is 8. The van der Waals surface area contributed by atoms with Gasteiger partial charge in [-0.2, -0.15) is 0 Å². The predicted octanol–water partition coefficient (Wildman–Crippen LogP) is 8.37. The number of benzene rings is 5. The Bertz CT molecular complexity index is 2220. The zero-order valence-electron chi connectivity index (χ0n) is 20.5. The summed E-state index contributed by atoms with van der Waals surface area (Å²) in [4.78, 5) is 13.2. The van der Waals surface area contributed by atoms with E-state index >= 15 is 0 Å². The summed E-state index contributed by atoms with van der Waals surface area (Å²) in [5, 5.41) is 5.35. The van der Waals surface area contributed by atoms with Gasteiger partial charge in [-0.3, -0.25) is 4.79 Å². The van der Waals surface area contributed by atoms with Crippen LogP contribution in [0.5, 0.6) is 0 Å². The van der Waals surface area contributed by atoms with E-state index in [0.717, 1.165) is 44.1 Å². The van der Waals surface area contributed by atoms with Crippen molar-refractivity contribution in [3.63, 3.8) is 0 Å². The molecule has 0 spiro atoms. The molecular formula is C35H22N2O. The van der Waals surface area contributed by atoms with E-state index in [0.29, 0.717) is 0 Å². The fourth-order valence-electron chi connectivity index (χ4n) is 6.06. The normalized spacial score (nSPS) is 11.8. The number of para-hydroxylation sites is 4. The molecule has 8 aromatic rings. The first-order chi connectivity index (χ1) is 18.8. The van der Waals surface area contributed by atoms with Gasteiger partial charge in [0.2, 0.25) is 0 Å². The van der Waals surface area contributed by atoms with Gasteiger partial charge in [0.25, 0.3) is 0 Å². The number of rotatable bonds is 2. The molecule has 3 heteroatoms. The van der Waals surface area contributed by atoms with Crippen LogP contribution in [0, 0.1) is 0 Å². The van der Waals surface area contributed by atoms with E-state index in [-0.39, 0.29) is 5.43 Å². The molecule has 3 heterocycles. The Labute approximate surface area is 218 Å². The number of nitrogens with zero attached hydrogens (tertiary/aromatic N) is 2. The minimum atomic E-state index is 0.0404. The topological polar surface area (TPSA) is 26.4 Å². The Hall–Kier alpha value is -5.15. The lowest BCUT2D eigenvalue weighted by atomic mass is 10.0. The molecule has 0 unspecified atom stereocenters. The SMILES string of the molecule is O=c1cc2c3ccccc3cc(-c3ccccc3-n3c4ccccc4c4ccccc43)n2c2ccccc12. The third kappa shape index (κ3) is 2.87. The van der Waals surface area contributed by atoms with E-state index in [1.807, 2.05) is 30.3 Å². The summed E-state index contributed by atoms with van der Waals surface area (Å²) in [5.74, 6) is 0. The number of aromatic nitrogens is 2. The maximum absolute atomic E-state index is 13.2. The minimum absolute atomic E-state index is 0.0404. The van der Waals surface area contributed by atoms with Crippen molar-refractivity contribution in [2.45, 2.75) is 0 Å². The highest BCUT2D eigenvalue weighted by Crippen LogP contribution is 2.38. The maximum atomic E-state index is 13.2. The second-order valence-corrected chi connectivity index (χ2v) is 9.75. The zero-order chi connectivity index (χ0) is 25.2. The van der Waals surface area contributed by atoms with Crippen molar-refractivity contribution >= 4 is 49.0 Å². The highest BCUT2D eigenvalue weighted by Gasteiger charge is 2.18. The van der Waals surface area contributed by atoms with Gasteiger partial charge in [-0.15, -0.1) is 0 Å². The van der Waals surface area contributed by atoms with Crippen molar-refractivity contribution in [3.8, 4) is 16.9 Å². The standard InChI is InChI=1S/C35H22N2O/c38-35-22-34-24-12-2-1-11-23(24)21-33(37(34)32-20-10-6-16-28(32)35)27-15-5-9-19-31(27)36-29-17-7-3-13-25(29)26-14-4-8-18-30(26)36/h1-22H. The van der Waals surface area contributed by atoms with Crippen LogP contribution >= 0.6 is 0 Å². The van der Waals surface area contributed by atoms with Gasteiger partial charge in [0.05, 0.1) is 33.4 Å². The van der Waals surface area contributed by atoms with Crippen LogP contribution in [-0.2, 0) is 0 Å². The number of pyridine rings is 2.